The van der Waals surface area contributed by atoms with E-state index in [0.29, 0.717) is 34.9 Å². The van der Waals surface area contributed by atoms with Crippen molar-refractivity contribution in [3.8, 4) is 0 Å². The predicted molar refractivity (Wildman–Crippen MR) is 182 cm³/mol. The number of allylic oxidation sites excluding steroid dienone is 2. The van der Waals surface area contributed by atoms with E-state index in [-0.39, 0.29) is 24.8 Å². The van der Waals surface area contributed by atoms with E-state index in [4.69, 9.17) is 4.42 Å². The van der Waals surface area contributed by atoms with Gasteiger partial charge >= 0.3 is 0 Å². The van der Waals surface area contributed by atoms with Crippen LogP contribution in [0.2, 0.25) is 0 Å². The molecule has 4 aromatic rings. The minimum atomic E-state index is -1.42. The second-order valence-corrected chi connectivity index (χ2v) is 13.6. The van der Waals surface area contributed by atoms with Crippen LogP contribution in [0, 0.1) is 30.6 Å². The predicted octanol–water partition coefficient (Wildman–Crippen LogP) is 5.83. The molecular weight excluding hydrogens is 618 g/mol. The Morgan fingerprint density at radius 3 is 2.27 bits per heavy atom. The van der Waals surface area contributed by atoms with E-state index < -0.39 is 46.8 Å². The maximum absolute atomic E-state index is 15.1. The van der Waals surface area contributed by atoms with Gasteiger partial charge in [-0.2, -0.15) is 5.01 Å². The maximum atomic E-state index is 15.1. The Balaban J connectivity index is 1.28. The molecule has 248 valence electrons. The number of imide groups is 2. The van der Waals surface area contributed by atoms with Crippen LogP contribution in [0.4, 0.5) is 11.4 Å². The highest BCUT2D eigenvalue weighted by atomic mass is 16.4. The lowest BCUT2D eigenvalue weighted by Gasteiger charge is -2.49. The van der Waals surface area contributed by atoms with Crippen LogP contribution in [0.25, 0.3) is 0 Å². The fourth-order valence-corrected chi connectivity index (χ4v) is 8.83. The molecule has 1 aromatic heterocycles. The number of hydrogen-bond acceptors (Lipinski definition) is 7. The first kappa shape index (κ1) is 31.0. The van der Waals surface area contributed by atoms with Gasteiger partial charge in [0.25, 0.3) is 11.8 Å². The van der Waals surface area contributed by atoms with Crippen molar-refractivity contribution < 1.29 is 28.7 Å². The molecule has 9 heteroatoms. The number of aliphatic hydroxyl groups excluding tert-OH is 1. The number of carbonyl (C=O) groups is 4. The Kier molecular flexibility index (Phi) is 7.41. The van der Waals surface area contributed by atoms with Crippen LogP contribution in [0.15, 0.2) is 107 Å². The average molecular weight is 656 g/mol. The second kappa shape index (κ2) is 11.7. The van der Waals surface area contributed by atoms with E-state index in [2.05, 4.69) is 5.43 Å². The van der Waals surface area contributed by atoms with Gasteiger partial charge in [0, 0.05) is 0 Å². The van der Waals surface area contributed by atoms with Crippen molar-refractivity contribution in [3.05, 3.63) is 131 Å². The molecule has 4 aliphatic rings. The third-order valence-electron chi connectivity index (χ3n) is 11.1. The minimum Gasteiger partial charge on any atom is -0.463 e. The Morgan fingerprint density at radius 2 is 1.59 bits per heavy atom. The number of nitrogens with zero attached hydrogens (tertiary/aromatic N) is 2. The van der Waals surface area contributed by atoms with Gasteiger partial charge in [-0.25, -0.2) is 0 Å². The minimum absolute atomic E-state index is 0.199. The van der Waals surface area contributed by atoms with Gasteiger partial charge in [0.2, 0.25) is 11.8 Å². The third kappa shape index (κ3) is 4.55. The molecule has 3 aromatic carbocycles. The van der Waals surface area contributed by atoms with E-state index in [0.717, 1.165) is 28.1 Å². The van der Waals surface area contributed by atoms with Crippen LogP contribution >= 0.6 is 0 Å². The number of furan rings is 1. The first-order valence-corrected chi connectivity index (χ1v) is 16.9. The van der Waals surface area contributed by atoms with Crippen LogP contribution in [0.3, 0.4) is 0 Å². The fourth-order valence-electron chi connectivity index (χ4n) is 8.83. The number of fused-ring (bicyclic) bond motifs is 4. The molecule has 3 heterocycles. The summed E-state index contributed by atoms with van der Waals surface area (Å²) in [6.07, 6.45) is 3.35. The zero-order valence-electron chi connectivity index (χ0n) is 27.3. The molecule has 0 radical (unpaired) electrons. The van der Waals surface area contributed by atoms with Gasteiger partial charge in [-0.1, -0.05) is 78.7 Å². The monoisotopic (exact) mass is 655 g/mol. The van der Waals surface area contributed by atoms with E-state index in [1.54, 1.807) is 12.1 Å². The molecule has 4 amide bonds. The largest absolute Gasteiger partial charge is 0.463 e. The van der Waals surface area contributed by atoms with Crippen LogP contribution < -0.4 is 10.3 Å². The first-order chi connectivity index (χ1) is 23.8. The van der Waals surface area contributed by atoms with Gasteiger partial charge in [-0.15, -0.1) is 0 Å². The number of anilines is 2. The van der Waals surface area contributed by atoms with E-state index in [1.807, 2.05) is 98.8 Å². The van der Waals surface area contributed by atoms with Gasteiger partial charge in [0.05, 0.1) is 35.0 Å². The SMILES string of the molecule is CCc1ccc(N2C(=O)C3CC=C4C(CC5C(=O)N(Nc6ccc(C)cc6)C(=O)C5(c5ccccc5)C4c4ccc(CO)o4)C3C2=O)cc1. The van der Waals surface area contributed by atoms with Crippen LogP contribution in [-0.2, 0) is 37.6 Å². The molecule has 49 heavy (non-hydrogen) atoms. The topological polar surface area (TPSA) is 120 Å². The van der Waals surface area contributed by atoms with Crippen molar-refractivity contribution in [2.75, 3.05) is 10.3 Å². The molecule has 2 saturated heterocycles. The molecule has 0 bridgehead atoms. The summed E-state index contributed by atoms with van der Waals surface area (Å²) in [6, 6.07) is 27.7. The van der Waals surface area contributed by atoms with Gasteiger partial charge in [-0.3, -0.25) is 29.5 Å². The normalized spacial score (nSPS) is 27.6. The summed E-state index contributed by atoms with van der Waals surface area (Å²) in [5.74, 6) is -4.06. The number of aliphatic hydroxyl groups is 1. The standard InChI is InChI=1S/C40H37N3O6/c1-3-24-11-15-27(16-12-24)42-36(45)30-19-18-29-31(34(30)38(42)47)21-32-37(46)43(41-26-13-9-23(2)10-14-26)39(48)40(32,25-7-5-4-6-8-25)35(29)33-20-17-28(22-44)49-33/h4-18,20,30-32,34-35,41,44H,3,19,21-22H2,1-2H3. The van der Waals surface area contributed by atoms with Crippen molar-refractivity contribution in [1.29, 1.82) is 0 Å². The number of benzene rings is 3. The smallest absolute Gasteiger partial charge is 0.260 e. The van der Waals surface area contributed by atoms with Crippen molar-refractivity contribution in [1.82, 2.24) is 5.01 Å². The Morgan fingerprint density at radius 1 is 0.857 bits per heavy atom. The molecule has 2 aliphatic carbocycles. The van der Waals surface area contributed by atoms with E-state index in [9.17, 15) is 19.5 Å². The van der Waals surface area contributed by atoms with Crippen LogP contribution in [0.1, 0.15) is 53.9 Å². The molecular formula is C40H37N3O6. The molecule has 2 N–H and O–H groups in total. The number of hydrogen-bond donors (Lipinski definition) is 2. The van der Waals surface area contributed by atoms with Crippen LogP contribution in [0.5, 0.6) is 0 Å². The van der Waals surface area contributed by atoms with Crippen LogP contribution in [-0.4, -0.2) is 33.7 Å². The van der Waals surface area contributed by atoms with Crippen molar-refractivity contribution in [2.45, 2.75) is 51.0 Å². The number of rotatable bonds is 7. The first-order valence-electron chi connectivity index (χ1n) is 16.9. The van der Waals surface area contributed by atoms with Crippen molar-refractivity contribution in [2.24, 2.45) is 23.7 Å². The highest BCUT2D eigenvalue weighted by molar-refractivity contribution is 6.22. The van der Waals surface area contributed by atoms with Crippen molar-refractivity contribution >= 4 is 35.0 Å². The summed E-state index contributed by atoms with van der Waals surface area (Å²) in [5, 5.41) is 11.1. The third-order valence-corrected chi connectivity index (χ3v) is 11.1. The second-order valence-electron chi connectivity index (χ2n) is 13.6. The lowest BCUT2D eigenvalue weighted by Crippen LogP contribution is -2.53. The van der Waals surface area contributed by atoms with E-state index in [1.165, 1.54) is 4.90 Å². The summed E-state index contributed by atoms with van der Waals surface area (Å²) < 4.78 is 6.24. The highest BCUT2D eigenvalue weighted by Gasteiger charge is 2.71. The lowest BCUT2D eigenvalue weighted by molar-refractivity contribution is -0.138. The number of amides is 4. The number of carbonyl (C=O) groups excluding carboxylic acids is 4. The summed E-state index contributed by atoms with van der Waals surface area (Å²) in [7, 11) is 0. The number of hydrazine groups is 1. The summed E-state index contributed by atoms with van der Waals surface area (Å²) in [6.45, 7) is 3.67. The lowest BCUT2D eigenvalue weighted by atomic mass is 9.50. The van der Waals surface area contributed by atoms with Crippen molar-refractivity contribution in [3.63, 3.8) is 0 Å². The number of nitrogens with one attached hydrogen (secondary N) is 1. The molecule has 8 rings (SSSR count). The summed E-state index contributed by atoms with van der Waals surface area (Å²) in [4.78, 5) is 59.5. The fraction of sp³-hybridized carbons (Fsp3) is 0.300. The Labute approximate surface area is 284 Å². The molecule has 6 atom stereocenters. The molecule has 2 aliphatic heterocycles. The van der Waals surface area contributed by atoms with Gasteiger partial charge in [-0.05, 0) is 79.6 Å². The van der Waals surface area contributed by atoms with Gasteiger partial charge in [0.1, 0.15) is 23.5 Å². The number of aryl methyl sites for hydroxylation is 2. The zero-order valence-corrected chi connectivity index (χ0v) is 27.3. The summed E-state index contributed by atoms with van der Waals surface area (Å²) >= 11 is 0. The van der Waals surface area contributed by atoms with Gasteiger partial charge in [0.15, 0.2) is 0 Å². The molecule has 3 fully saturated rings. The summed E-state index contributed by atoms with van der Waals surface area (Å²) in [5.41, 5.74) is 6.41. The molecule has 9 nitrogen and oxygen atoms in total. The maximum Gasteiger partial charge on any atom is 0.260 e. The van der Waals surface area contributed by atoms with Gasteiger partial charge < -0.3 is 9.52 Å². The molecule has 6 unspecified atom stereocenters. The Bertz CT molecular complexity index is 2000. The van der Waals surface area contributed by atoms with E-state index >= 15 is 4.79 Å². The average Bonchev–Trinajstić information content (AvgIpc) is 3.77. The Hall–Kier alpha value is -5.28. The quantitative estimate of drug-likeness (QED) is 0.190. The molecule has 1 saturated carbocycles. The zero-order chi connectivity index (χ0) is 34.0. The highest BCUT2D eigenvalue weighted by Crippen LogP contribution is 2.64. The molecule has 0 spiro atoms.